The van der Waals surface area contributed by atoms with E-state index in [0.29, 0.717) is 24.9 Å². The first kappa shape index (κ1) is 20.0. The fraction of sp³-hybridized carbons (Fsp3) is 0.350. The number of hydrogen-bond acceptors (Lipinski definition) is 8. The Morgan fingerprint density at radius 2 is 1.90 bits per heavy atom. The van der Waals surface area contributed by atoms with Crippen molar-refractivity contribution in [1.29, 1.82) is 0 Å². The fourth-order valence-corrected chi connectivity index (χ4v) is 3.38. The van der Waals surface area contributed by atoms with Gasteiger partial charge in [-0.3, -0.25) is 0 Å². The van der Waals surface area contributed by atoms with Crippen LogP contribution in [0.3, 0.4) is 0 Å². The van der Waals surface area contributed by atoms with Gasteiger partial charge in [0.15, 0.2) is 11.6 Å². The van der Waals surface area contributed by atoms with Gasteiger partial charge in [-0.05, 0) is 26.0 Å². The van der Waals surface area contributed by atoms with Crippen molar-refractivity contribution in [3.05, 3.63) is 42.1 Å². The van der Waals surface area contributed by atoms with E-state index in [4.69, 9.17) is 14.0 Å². The first-order chi connectivity index (χ1) is 14.4. The SMILES string of the molecule is COc1cc(F)c(-c2cc(Nc3ccnc(N4C[C@@H](C)O[C@@H](C)C4)n3)on2)cc1F. The number of morpholine rings is 1. The number of ether oxygens (including phenoxy) is 2. The average molecular weight is 417 g/mol. The van der Waals surface area contributed by atoms with Crippen molar-refractivity contribution in [3.63, 3.8) is 0 Å². The van der Waals surface area contributed by atoms with Gasteiger partial charge in [-0.15, -0.1) is 0 Å². The Morgan fingerprint density at radius 1 is 1.13 bits per heavy atom. The van der Waals surface area contributed by atoms with Gasteiger partial charge in [0, 0.05) is 37.0 Å². The van der Waals surface area contributed by atoms with Gasteiger partial charge in [0.25, 0.3) is 0 Å². The third-order valence-corrected chi connectivity index (χ3v) is 4.62. The molecule has 1 aliphatic rings. The molecule has 158 valence electrons. The van der Waals surface area contributed by atoms with Gasteiger partial charge < -0.3 is 24.2 Å². The molecule has 1 aromatic carbocycles. The lowest BCUT2D eigenvalue weighted by molar-refractivity contribution is -0.00571. The van der Waals surface area contributed by atoms with Crippen LogP contribution >= 0.6 is 0 Å². The van der Waals surface area contributed by atoms with E-state index in [2.05, 4.69) is 20.4 Å². The number of nitrogens with one attached hydrogen (secondary N) is 1. The molecule has 30 heavy (non-hydrogen) atoms. The summed E-state index contributed by atoms with van der Waals surface area (Å²) in [5.74, 6) is -0.276. The largest absolute Gasteiger partial charge is 0.494 e. The summed E-state index contributed by atoms with van der Waals surface area (Å²) in [6.45, 7) is 5.37. The number of hydrogen-bond donors (Lipinski definition) is 1. The number of aromatic nitrogens is 3. The Bertz CT molecular complexity index is 1040. The molecule has 10 heteroatoms. The van der Waals surface area contributed by atoms with Crippen LogP contribution in [0.15, 0.2) is 35.0 Å². The second-order valence-electron chi connectivity index (χ2n) is 7.07. The molecular formula is C20H21F2N5O3. The Hall–Kier alpha value is -3.27. The normalized spacial score (nSPS) is 19.0. The minimum atomic E-state index is -0.694. The van der Waals surface area contributed by atoms with Crippen LogP contribution in [0.4, 0.5) is 26.4 Å². The standard InChI is InChI=1S/C20H21F2N5O3/c1-11-9-27(10-12(2)29-11)20-23-5-4-18(25-20)24-19-8-16(26-30-19)13-6-15(22)17(28-3)7-14(13)21/h4-8,11-12H,9-10H2,1-3H3,(H,23,24,25)/t11-,12+. The van der Waals surface area contributed by atoms with Gasteiger partial charge >= 0.3 is 0 Å². The predicted molar refractivity (Wildman–Crippen MR) is 106 cm³/mol. The first-order valence-corrected chi connectivity index (χ1v) is 9.43. The fourth-order valence-electron chi connectivity index (χ4n) is 3.38. The summed E-state index contributed by atoms with van der Waals surface area (Å²) in [6, 6.07) is 5.12. The number of benzene rings is 1. The van der Waals surface area contributed by atoms with Crippen LogP contribution in [0, 0.1) is 11.6 Å². The molecule has 2 aromatic heterocycles. The summed E-state index contributed by atoms with van der Waals surface area (Å²) in [7, 11) is 1.27. The van der Waals surface area contributed by atoms with Crippen LogP contribution in [0.5, 0.6) is 5.75 Å². The molecule has 8 nitrogen and oxygen atoms in total. The van der Waals surface area contributed by atoms with Crippen molar-refractivity contribution in [2.75, 3.05) is 30.4 Å². The highest BCUT2D eigenvalue weighted by atomic mass is 19.1. The van der Waals surface area contributed by atoms with Crippen molar-refractivity contribution in [2.24, 2.45) is 0 Å². The monoisotopic (exact) mass is 417 g/mol. The molecular weight excluding hydrogens is 396 g/mol. The number of anilines is 3. The zero-order valence-corrected chi connectivity index (χ0v) is 16.7. The zero-order valence-electron chi connectivity index (χ0n) is 16.7. The summed E-state index contributed by atoms with van der Waals surface area (Å²) in [5, 5.41) is 6.79. The first-order valence-electron chi connectivity index (χ1n) is 9.43. The van der Waals surface area contributed by atoms with E-state index in [1.807, 2.05) is 18.7 Å². The lowest BCUT2D eigenvalue weighted by atomic mass is 10.1. The third kappa shape index (κ3) is 4.18. The Balaban J connectivity index is 1.53. The lowest BCUT2D eigenvalue weighted by Crippen LogP contribution is -2.46. The molecule has 1 fully saturated rings. The molecule has 1 saturated heterocycles. The number of methoxy groups -OCH3 is 1. The molecule has 0 amide bonds. The van der Waals surface area contributed by atoms with Crippen LogP contribution in [0.1, 0.15) is 13.8 Å². The minimum absolute atomic E-state index is 0.0373. The topological polar surface area (TPSA) is 85.5 Å². The van der Waals surface area contributed by atoms with E-state index in [0.717, 1.165) is 12.1 Å². The molecule has 0 bridgehead atoms. The van der Waals surface area contributed by atoms with Gasteiger partial charge in [-0.2, -0.15) is 4.98 Å². The van der Waals surface area contributed by atoms with Gasteiger partial charge in [-0.25, -0.2) is 13.8 Å². The zero-order chi connectivity index (χ0) is 21.3. The van der Waals surface area contributed by atoms with Crippen LogP contribution in [0.25, 0.3) is 11.3 Å². The van der Waals surface area contributed by atoms with Crippen LogP contribution < -0.4 is 15.0 Å². The van der Waals surface area contributed by atoms with E-state index < -0.39 is 11.6 Å². The second-order valence-corrected chi connectivity index (χ2v) is 7.07. The highest BCUT2D eigenvalue weighted by molar-refractivity contribution is 5.65. The highest BCUT2D eigenvalue weighted by Crippen LogP contribution is 2.30. The molecule has 4 rings (SSSR count). The molecule has 0 spiro atoms. The molecule has 2 atom stereocenters. The molecule has 0 radical (unpaired) electrons. The summed E-state index contributed by atoms with van der Waals surface area (Å²) in [6.07, 6.45) is 1.78. The Kier molecular flexibility index (Phi) is 5.49. The quantitative estimate of drug-likeness (QED) is 0.671. The number of rotatable bonds is 5. The van der Waals surface area contributed by atoms with Gasteiger partial charge in [0.05, 0.1) is 19.3 Å². The molecule has 3 aromatic rings. The summed E-state index contributed by atoms with van der Waals surface area (Å²) >= 11 is 0. The summed E-state index contributed by atoms with van der Waals surface area (Å²) in [4.78, 5) is 10.9. The molecule has 0 aliphatic carbocycles. The van der Waals surface area contributed by atoms with E-state index >= 15 is 0 Å². The lowest BCUT2D eigenvalue weighted by Gasteiger charge is -2.35. The molecule has 3 heterocycles. The molecule has 1 N–H and O–H groups in total. The van der Waals surface area contributed by atoms with E-state index in [-0.39, 0.29) is 35.1 Å². The van der Waals surface area contributed by atoms with Crippen LogP contribution in [-0.2, 0) is 4.74 Å². The van der Waals surface area contributed by atoms with E-state index in [9.17, 15) is 8.78 Å². The molecule has 0 saturated carbocycles. The highest BCUT2D eigenvalue weighted by Gasteiger charge is 2.24. The average Bonchev–Trinajstić information content (AvgIpc) is 3.17. The Labute approximate surface area is 171 Å². The van der Waals surface area contributed by atoms with Crippen molar-refractivity contribution in [3.8, 4) is 17.0 Å². The van der Waals surface area contributed by atoms with Gasteiger partial charge in [-0.1, -0.05) is 5.16 Å². The number of halogens is 2. The van der Waals surface area contributed by atoms with Crippen molar-refractivity contribution < 1.29 is 22.8 Å². The maximum Gasteiger partial charge on any atom is 0.230 e. The molecule has 1 aliphatic heterocycles. The summed E-state index contributed by atoms with van der Waals surface area (Å²) in [5.41, 5.74) is 0.103. The maximum atomic E-state index is 14.3. The van der Waals surface area contributed by atoms with E-state index in [1.54, 1.807) is 12.3 Å². The van der Waals surface area contributed by atoms with Gasteiger partial charge in [0.2, 0.25) is 11.8 Å². The van der Waals surface area contributed by atoms with Crippen LogP contribution in [0.2, 0.25) is 0 Å². The third-order valence-electron chi connectivity index (χ3n) is 4.62. The maximum absolute atomic E-state index is 14.3. The number of nitrogens with zero attached hydrogens (tertiary/aromatic N) is 4. The van der Waals surface area contributed by atoms with Crippen molar-refractivity contribution in [1.82, 2.24) is 15.1 Å². The van der Waals surface area contributed by atoms with Crippen molar-refractivity contribution >= 4 is 17.7 Å². The summed E-state index contributed by atoms with van der Waals surface area (Å²) < 4.78 is 44.0. The van der Waals surface area contributed by atoms with Gasteiger partial charge in [0.1, 0.15) is 17.3 Å². The smallest absolute Gasteiger partial charge is 0.230 e. The minimum Gasteiger partial charge on any atom is -0.494 e. The van der Waals surface area contributed by atoms with Crippen LogP contribution in [-0.4, -0.2) is 47.5 Å². The van der Waals surface area contributed by atoms with E-state index in [1.165, 1.54) is 13.2 Å². The predicted octanol–water partition coefficient (Wildman–Crippen LogP) is 3.78. The molecule has 0 unspecified atom stereocenters. The van der Waals surface area contributed by atoms with Crippen molar-refractivity contribution in [2.45, 2.75) is 26.1 Å². The Morgan fingerprint density at radius 3 is 2.63 bits per heavy atom. The second kappa shape index (κ2) is 8.23.